The summed E-state index contributed by atoms with van der Waals surface area (Å²) in [5.41, 5.74) is 3.09. The van der Waals surface area contributed by atoms with E-state index in [1.54, 1.807) is 11.9 Å². The Morgan fingerprint density at radius 1 is 1.09 bits per heavy atom. The SMILES string of the molecule is CCCOc1cc(Nc2ccc3c(c2)OCC(=O)N3C)ccc1N1CCC(C(F)(F)F)CC1. The standard InChI is InChI=1S/C24H28F3N3O3/c1-3-12-32-22-14-18(5-7-20(22)30-10-8-16(9-11-30)24(25,26)27)28-17-4-6-19-21(13-17)33-15-23(31)29(19)2/h4-7,13-14,16,28H,3,8-12,15H2,1-2H3. The molecular formula is C24H28F3N3O3. The summed E-state index contributed by atoms with van der Waals surface area (Å²) in [4.78, 5) is 15.3. The lowest BCUT2D eigenvalue weighted by atomic mass is 9.96. The molecule has 0 unspecified atom stereocenters. The number of rotatable bonds is 6. The van der Waals surface area contributed by atoms with E-state index >= 15 is 0 Å². The highest BCUT2D eigenvalue weighted by Gasteiger charge is 2.41. The number of benzene rings is 2. The molecule has 0 spiro atoms. The van der Waals surface area contributed by atoms with Gasteiger partial charge in [-0.15, -0.1) is 0 Å². The number of carbonyl (C=O) groups is 1. The minimum atomic E-state index is -4.14. The smallest absolute Gasteiger partial charge is 0.391 e. The molecule has 0 saturated carbocycles. The summed E-state index contributed by atoms with van der Waals surface area (Å²) in [6.45, 7) is 3.21. The number of likely N-dealkylation sites (N-methyl/N-ethyl adjacent to an activating group) is 1. The van der Waals surface area contributed by atoms with Crippen LogP contribution in [0, 0.1) is 5.92 Å². The summed E-state index contributed by atoms with van der Waals surface area (Å²) in [7, 11) is 1.71. The molecule has 1 saturated heterocycles. The minimum Gasteiger partial charge on any atom is -0.491 e. The van der Waals surface area contributed by atoms with Gasteiger partial charge >= 0.3 is 6.18 Å². The maximum atomic E-state index is 13.0. The van der Waals surface area contributed by atoms with E-state index in [4.69, 9.17) is 9.47 Å². The summed E-state index contributed by atoms with van der Waals surface area (Å²) < 4.78 is 50.6. The number of nitrogens with zero attached hydrogens (tertiary/aromatic N) is 2. The van der Waals surface area contributed by atoms with Crippen LogP contribution in [0.2, 0.25) is 0 Å². The fourth-order valence-electron chi connectivity index (χ4n) is 4.15. The van der Waals surface area contributed by atoms with Crippen LogP contribution in [-0.2, 0) is 4.79 Å². The van der Waals surface area contributed by atoms with Gasteiger partial charge in [0.05, 0.1) is 23.9 Å². The number of hydrogen-bond donors (Lipinski definition) is 1. The van der Waals surface area contributed by atoms with Crippen molar-refractivity contribution in [2.24, 2.45) is 5.92 Å². The molecule has 33 heavy (non-hydrogen) atoms. The second-order valence-corrected chi connectivity index (χ2v) is 8.38. The van der Waals surface area contributed by atoms with Crippen molar-refractivity contribution in [3.63, 3.8) is 0 Å². The van der Waals surface area contributed by atoms with E-state index in [0.717, 1.165) is 23.5 Å². The topological polar surface area (TPSA) is 54.0 Å². The van der Waals surface area contributed by atoms with Crippen LogP contribution in [0.5, 0.6) is 11.5 Å². The average Bonchev–Trinajstić information content (AvgIpc) is 2.80. The Labute approximate surface area is 191 Å². The molecule has 0 aromatic heterocycles. The van der Waals surface area contributed by atoms with Crippen LogP contribution in [0.25, 0.3) is 0 Å². The highest BCUT2D eigenvalue weighted by Crippen LogP contribution is 2.40. The van der Waals surface area contributed by atoms with E-state index in [1.807, 2.05) is 48.2 Å². The molecule has 2 aliphatic heterocycles. The third kappa shape index (κ3) is 5.12. The lowest BCUT2D eigenvalue weighted by molar-refractivity contribution is -0.179. The van der Waals surface area contributed by atoms with Crippen molar-refractivity contribution in [2.45, 2.75) is 32.4 Å². The molecule has 4 rings (SSSR count). The number of ether oxygens (including phenoxy) is 2. The van der Waals surface area contributed by atoms with Crippen molar-refractivity contribution in [1.29, 1.82) is 0 Å². The van der Waals surface area contributed by atoms with Crippen molar-refractivity contribution in [3.05, 3.63) is 36.4 Å². The Bertz CT molecular complexity index is 1000. The normalized spacial score (nSPS) is 16.9. The van der Waals surface area contributed by atoms with Crippen molar-refractivity contribution < 1.29 is 27.4 Å². The average molecular weight is 464 g/mol. The van der Waals surface area contributed by atoms with Crippen molar-refractivity contribution >= 4 is 28.7 Å². The fraction of sp³-hybridized carbons (Fsp3) is 0.458. The maximum Gasteiger partial charge on any atom is 0.391 e. The first kappa shape index (κ1) is 23.1. The number of hydrogen-bond acceptors (Lipinski definition) is 5. The van der Waals surface area contributed by atoms with Gasteiger partial charge in [0.15, 0.2) is 6.61 Å². The second-order valence-electron chi connectivity index (χ2n) is 8.38. The van der Waals surface area contributed by atoms with Gasteiger partial charge in [-0.2, -0.15) is 13.2 Å². The van der Waals surface area contributed by atoms with Gasteiger partial charge in [-0.1, -0.05) is 6.92 Å². The zero-order chi connectivity index (χ0) is 23.6. The molecular weight excluding hydrogens is 435 g/mol. The number of anilines is 4. The Morgan fingerprint density at radius 3 is 2.42 bits per heavy atom. The molecule has 2 aliphatic rings. The molecule has 0 atom stereocenters. The van der Waals surface area contributed by atoms with Crippen LogP contribution in [-0.4, -0.2) is 45.4 Å². The van der Waals surface area contributed by atoms with Gasteiger partial charge in [0.25, 0.3) is 5.91 Å². The lowest BCUT2D eigenvalue weighted by Crippen LogP contribution is -2.39. The van der Waals surface area contributed by atoms with Crippen molar-refractivity contribution in [1.82, 2.24) is 0 Å². The van der Waals surface area contributed by atoms with E-state index < -0.39 is 12.1 Å². The lowest BCUT2D eigenvalue weighted by Gasteiger charge is -2.35. The Balaban J connectivity index is 1.52. The van der Waals surface area contributed by atoms with E-state index in [1.165, 1.54) is 0 Å². The number of halogens is 3. The van der Waals surface area contributed by atoms with Gasteiger partial charge in [-0.25, -0.2) is 0 Å². The number of piperidine rings is 1. The van der Waals surface area contributed by atoms with Crippen LogP contribution in [0.3, 0.4) is 0 Å². The minimum absolute atomic E-state index is 0.00167. The molecule has 1 N–H and O–H groups in total. The predicted octanol–water partition coefficient (Wildman–Crippen LogP) is 5.35. The second kappa shape index (κ2) is 9.41. The summed E-state index contributed by atoms with van der Waals surface area (Å²) in [5.74, 6) is -0.0772. The Hall–Kier alpha value is -3.10. The van der Waals surface area contributed by atoms with Crippen LogP contribution >= 0.6 is 0 Å². The third-order valence-corrected chi connectivity index (χ3v) is 6.06. The van der Waals surface area contributed by atoms with E-state index in [2.05, 4.69) is 5.32 Å². The highest BCUT2D eigenvalue weighted by molar-refractivity contribution is 5.97. The Morgan fingerprint density at radius 2 is 1.76 bits per heavy atom. The number of carbonyl (C=O) groups excluding carboxylic acids is 1. The molecule has 9 heteroatoms. The van der Waals surface area contributed by atoms with Crippen molar-refractivity contribution in [3.8, 4) is 11.5 Å². The monoisotopic (exact) mass is 463 g/mol. The molecule has 0 radical (unpaired) electrons. The molecule has 2 aromatic rings. The molecule has 0 bridgehead atoms. The van der Waals surface area contributed by atoms with Gasteiger partial charge in [0.2, 0.25) is 0 Å². The predicted molar refractivity (Wildman–Crippen MR) is 122 cm³/mol. The summed E-state index contributed by atoms with van der Waals surface area (Å²) in [5, 5.41) is 3.32. The van der Waals surface area contributed by atoms with Gasteiger partial charge < -0.3 is 24.6 Å². The molecule has 2 aromatic carbocycles. The zero-order valence-electron chi connectivity index (χ0n) is 18.7. The van der Waals surface area contributed by atoms with Crippen molar-refractivity contribution in [2.75, 3.05) is 48.5 Å². The Kier molecular flexibility index (Phi) is 6.58. The van der Waals surface area contributed by atoms with Crippen LogP contribution in [0.1, 0.15) is 26.2 Å². The first-order valence-electron chi connectivity index (χ1n) is 11.1. The van der Waals surface area contributed by atoms with Gasteiger partial charge in [0.1, 0.15) is 11.5 Å². The van der Waals surface area contributed by atoms with Gasteiger partial charge in [-0.3, -0.25) is 4.79 Å². The molecule has 6 nitrogen and oxygen atoms in total. The van der Waals surface area contributed by atoms with E-state index in [-0.39, 0.29) is 25.4 Å². The maximum absolute atomic E-state index is 13.0. The first-order chi connectivity index (χ1) is 15.8. The molecule has 1 amide bonds. The largest absolute Gasteiger partial charge is 0.491 e. The number of nitrogens with one attached hydrogen (secondary N) is 1. The molecule has 0 aliphatic carbocycles. The number of fused-ring (bicyclic) bond motifs is 1. The summed E-state index contributed by atoms with van der Waals surface area (Å²) in [6, 6.07) is 11.2. The summed E-state index contributed by atoms with van der Waals surface area (Å²) >= 11 is 0. The van der Waals surface area contributed by atoms with E-state index in [9.17, 15) is 18.0 Å². The number of amides is 1. The molecule has 2 heterocycles. The zero-order valence-corrected chi connectivity index (χ0v) is 18.7. The summed E-state index contributed by atoms with van der Waals surface area (Å²) in [6.07, 6.45) is -3.14. The fourth-order valence-corrected chi connectivity index (χ4v) is 4.15. The van der Waals surface area contributed by atoms with Gasteiger partial charge in [0, 0.05) is 43.6 Å². The quantitative estimate of drug-likeness (QED) is 0.626. The number of alkyl halides is 3. The molecule has 1 fully saturated rings. The van der Waals surface area contributed by atoms with Crippen LogP contribution in [0.4, 0.5) is 35.9 Å². The highest BCUT2D eigenvalue weighted by atomic mass is 19.4. The first-order valence-corrected chi connectivity index (χ1v) is 11.1. The van der Waals surface area contributed by atoms with Crippen LogP contribution in [0.15, 0.2) is 36.4 Å². The third-order valence-electron chi connectivity index (χ3n) is 6.06. The molecule has 178 valence electrons. The van der Waals surface area contributed by atoms with E-state index in [0.29, 0.717) is 36.9 Å². The van der Waals surface area contributed by atoms with Gasteiger partial charge in [-0.05, 0) is 43.5 Å². The van der Waals surface area contributed by atoms with Crippen LogP contribution < -0.4 is 24.6 Å².